The highest BCUT2D eigenvalue weighted by molar-refractivity contribution is 7.89. The minimum Gasteiger partial charge on any atom is -0.457 e. The van der Waals surface area contributed by atoms with Crippen LogP contribution in [0.15, 0.2) is 83.8 Å². The molecule has 3 rings (SSSR count). The van der Waals surface area contributed by atoms with Gasteiger partial charge in [-0.15, -0.1) is 0 Å². The molecule has 1 amide bonds. The van der Waals surface area contributed by atoms with Gasteiger partial charge in [-0.2, -0.15) is 0 Å². The van der Waals surface area contributed by atoms with E-state index in [1.807, 2.05) is 30.3 Å². The molecule has 0 saturated heterocycles. The number of carbonyl (C=O) groups is 1. The smallest absolute Gasteiger partial charge is 0.255 e. The van der Waals surface area contributed by atoms with Gasteiger partial charge >= 0.3 is 0 Å². The number of benzene rings is 3. The summed E-state index contributed by atoms with van der Waals surface area (Å²) in [5.74, 6) is 0.791. The van der Waals surface area contributed by atoms with Crippen molar-refractivity contribution in [2.24, 2.45) is 5.14 Å². The Morgan fingerprint density at radius 1 is 0.889 bits per heavy atom. The zero-order valence-electron chi connectivity index (χ0n) is 14.3. The summed E-state index contributed by atoms with van der Waals surface area (Å²) in [6.07, 6.45) is 0. The average Bonchev–Trinajstić information content (AvgIpc) is 2.67. The van der Waals surface area contributed by atoms with E-state index in [0.29, 0.717) is 17.1 Å². The molecule has 0 aliphatic heterocycles. The largest absolute Gasteiger partial charge is 0.457 e. The summed E-state index contributed by atoms with van der Waals surface area (Å²) >= 11 is 0. The van der Waals surface area contributed by atoms with E-state index >= 15 is 0 Å². The van der Waals surface area contributed by atoms with Crippen LogP contribution < -0.4 is 15.2 Å². The van der Waals surface area contributed by atoms with Gasteiger partial charge in [0.1, 0.15) is 11.5 Å². The summed E-state index contributed by atoms with van der Waals surface area (Å²) in [6.45, 7) is 0.239. The van der Waals surface area contributed by atoms with Crippen LogP contribution in [0, 0.1) is 0 Å². The highest BCUT2D eigenvalue weighted by Gasteiger charge is 2.13. The molecular weight excluding hydrogens is 364 g/mol. The fraction of sp³-hybridized carbons (Fsp3) is 0.0500. The predicted octanol–water partition coefficient (Wildman–Crippen LogP) is 3.06. The molecule has 0 bridgehead atoms. The lowest BCUT2D eigenvalue weighted by atomic mass is 10.1. The van der Waals surface area contributed by atoms with Crippen LogP contribution in [0.3, 0.4) is 0 Å². The lowest BCUT2D eigenvalue weighted by molar-refractivity contribution is 0.0948. The van der Waals surface area contributed by atoms with Crippen LogP contribution in [-0.2, 0) is 16.6 Å². The second kappa shape index (κ2) is 8.03. The van der Waals surface area contributed by atoms with Gasteiger partial charge in [-0.3, -0.25) is 4.79 Å². The average molecular weight is 382 g/mol. The van der Waals surface area contributed by atoms with E-state index in [4.69, 9.17) is 9.88 Å². The number of ether oxygens (including phenoxy) is 1. The maximum Gasteiger partial charge on any atom is 0.255 e. The number of nitrogens with two attached hydrogens (primary N) is 1. The van der Waals surface area contributed by atoms with Crippen molar-refractivity contribution in [2.45, 2.75) is 11.4 Å². The molecule has 7 heteroatoms. The SMILES string of the molecule is NS(=O)(=O)c1ccc(CNC(=O)c2ccccc2Oc2ccccc2)cc1. The van der Waals surface area contributed by atoms with Gasteiger partial charge in [-0.1, -0.05) is 42.5 Å². The summed E-state index contributed by atoms with van der Waals surface area (Å²) < 4.78 is 28.3. The number of hydrogen-bond donors (Lipinski definition) is 2. The molecule has 0 spiro atoms. The number of carbonyl (C=O) groups excluding carboxylic acids is 1. The van der Waals surface area contributed by atoms with E-state index in [1.54, 1.807) is 36.4 Å². The highest BCUT2D eigenvalue weighted by atomic mass is 32.2. The van der Waals surface area contributed by atoms with Crippen LogP contribution in [0.2, 0.25) is 0 Å². The summed E-state index contributed by atoms with van der Waals surface area (Å²) in [6, 6.07) is 22.2. The molecule has 6 nitrogen and oxygen atoms in total. The van der Waals surface area contributed by atoms with Crippen LogP contribution in [0.4, 0.5) is 0 Å². The minimum atomic E-state index is -3.73. The molecule has 0 atom stereocenters. The Bertz CT molecular complexity index is 1030. The molecule has 0 unspecified atom stereocenters. The summed E-state index contributed by atoms with van der Waals surface area (Å²) in [5.41, 5.74) is 1.15. The molecular formula is C20H18N2O4S. The van der Waals surface area contributed by atoms with E-state index in [1.165, 1.54) is 12.1 Å². The third kappa shape index (κ3) is 4.93. The maximum atomic E-state index is 12.5. The Hall–Kier alpha value is -3.16. The maximum absolute atomic E-state index is 12.5. The molecule has 3 aromatic rings. The van der Waals surface area contributed by atoms with Crippen LogP contribution in [-0.4, -0.2) is 14.3 Å². The van der Waals surface area contributed by atoms with E-state index in [9.17, 15) is 13.2 Å². The first kappa shape index (κ1) is 18.6. The Labute approximate surface area is 157 Å². The molecule has 0 aromatic heterocycles. The van der Waals surface area contributed by atoms with Gasteiger partial charge in [0.05, 0.1) is 10.5 Å². The molecule has 3 aromatic carbocycles. The van der Waals surface area contributed by atoms with Gasteiger partial charge in [-0.05, 0) is 42.0 Å². The molecule has 0 fully saturated rings. The molecule has 0 aliphatic carbocycles. The van der Waals surface area contributed by atoms with Crippen molar-refractivity contribution in [3.05, 3.63) is 90.0 Å². The standard InChI is InChI=1S/C20H18N2O4S/c21-27(24,25)17-12-10-15(11-13-17)14-22-20(23)18-8-4-5-9-19(18)26-16-6-2-1-3-7-16/h1-13H,14H2,(H,22,23)(H2,21,24,25). The molecule has 0 radical (unpaired) electrons. The third-order valence-electron chi connectivity index (χ3n) is 3.81. The zero-order chi connectivity index (χ0) is 19.3. The van der Waals surface area contributed by atoms with Gasteiger partial charge < -0.3 is 10.1 Å². The van der Waals surface area contributed by atoms with Crippen molar-refractivity contribution >= 4 is 15.9 Å². The fourth-order valence-electron chi connectivity index (χ4n) is 2.43. The summed E-state index contributed by atoms with van der Waals surface area (Å²) in [4.78, 5) is 12.6. The second-order valence-electron chi connectivity index (χ2n) is 5.78. The van der Waals surface area contributed by atoms with Crippen LogP contribution >= 0.6 is 0 Å². The molecule has 0 saturated carbocycles. The highest BCUT2D eigenvalue weighted by Crippen LogP contribution is 2.25. The number of amides is 1. The van der Waals surface area contributed by atoms with Crippen molar-refractivity contribution in [3.63, 3.8) is 0 Å². The lowest BCUT2D eigenvalue weighted by Crippen LogP contribution is -2.23. The van der Waals surface area contributed by atoms with E-state index < -0.39 is 10.0 Å². The third-order valence-corrected chi connectivity index (χ3v) is 4.74. The van der Waals surface area contributed by atoms with Crippen molar-refractivity contribution in [2.75, 3.05) is 0 Å². The topological polar surface area (TPSA) is 98.5 Å². The monoisotopic (exact) mass is 382 g/mol. The quantitative estimate of drug-likeness (QED) is 0.684. The van der Waals surface area contributed by atoms with Crippen molar-refractivity contribution in [1.29, 1.82) is 0 Å². The first-order chi connectivity index (χ1) is 12.9. The van der Waals surface area contributed by atoms with Crippen molar-refractivity contribution < 1.29 is 17.9 Å². The fourth-order valence-corrected chi connectivity index (χ4v) is 2.95. The molecule has 27 heavy (non-hydrogen) atoms. The van der Waals surface area contributed by atoms with Crippen LogP contribution in [0.1, 0.15) is 15.9 Å². The number of rotatable bonds is 6. The Kier molecular flexibility index (Phi) is 5.54. The number of para-hydroxylation sites is 2. The molecule has 138 valence electrons. The van der Waals surface area contributed by atoms with Gasteiger partial charge in [0.2, 0.25) is 10.0 Å². The number of primary sulfonamides is 1. The van der Waals surface area contributed by atoms with Gasteiger partial charge in [0.25, 0.3) is 5.91 Å². The molecule has 3 N–H and O–H groups in total. The summed E-state index contributed by atoms with van der Waals surface area (Å²) in [7, 11) is -3.73. The zero-order valence-corrected chi connectivity index (χ0v) is 15.1. The predicted molar refractivity (Wildman–Crippen MR) is 102 cm³/mol. The second-order valence-corrected chi connectivity index (χ2v) is 7.34. The Balaban J connectivity index is 1.70. The van der Waals surface area contributed by atoms with E-state index in [-0.39, 0.29) is 17.3 Å². The summed E-state index contributed by atoms with van der Waals surface area (Å²) in [5, 5.41) is 7.87. The normalized spacial score (nSPS) is 11.0. The first-order valence-corrected chi connectivity index (χ1v) is 9.70. The Morgan fingerprint density at radius 3 is 2.19 bits per heavy atom. The number of nitrogens with one attached hydrogen (secondary N) is 1. The van der Waals surface area contributed by atoms with Gasteiger partial charge in [0, 0.05) is 6.54 Å². The number of sulfonamides is 1. The minimum absolute atomic E-state index is 0.0270. The van der Waals surface area contributed by atoms with Gasteiger partial charge in [-0.25, -0.2) is 13.6 Å². The number of hydrogen-bond acceptors (Lipinski definition) is 4. The first-order valence-electron chi connectivity index (χ1n) is 8.15. The molecule has 0 heterocycles. The van der Waals surface area contributed by atoms with Crippen LogP contribution in [0.25, 0.3) is 0 Å². The lowest BCUT2D eigenvalue weighted by Gasteiger charge is -2.11. The van der Waals surface area contributed by atoms with Gasteiger partial charge in [0.15, 0.2) is 0 Å². The molecule has 0 aliphatic rings. The van der Waals surface area contributed by atoms with Crippen molar-refractivity contribution in [1.82, 2.24) is 5.32 Å². The Morgan fingerprint density at radius 2 is 1.52 bits per heavy atom. The van der Waals surface area contributed by atoms with Crippen LogP contribution in [0.5, 0.6) is 11.5 Å². The van der Waals surface area contributed by atoms with E-state index in [0.717, 1.165) is 5.56 Å². The van der Waals surface area contributed by atoms with E-state index in [2.05, 4.69) is 5.32 Å². The van der Waals surface area contributed by atoms with Crippen molar-refractivity contribution in [3.8, 4) is 11.5 Å².